The summed E-state index contributed by atoms with van der Waals surface area (Å²) in [6.45, 7) is 7.97. The third-order valence-corrected chi connectivity index (χ3v) is 3.16. The molecule has 0 aliphatic heterocycles. The first-order valence-corrected chi connectivity index (χ1v) is 7.07. The van der Waals surface area contributed by atoms with Crippen LogP contribution < -0.4 is 10.6 Å². The SMILES string of the molecule is Cc1cccc(C)c1Nc1ccnc(C(=O)NC(C)C)c1. The Kier molecular flexibility index (Phi) is 4.58. The lowest BCUT2D eigenvalue weighted by Gasteiger charge is -2.13. The van der Waals surface area contributed by atoms with E-state index in [1.54, 1.807) is 12.3 Å². The highest BCUT2D eigenvalue weighted by Gasteiger charge is 2.10. The van der Waals surface area contributed by atoms with Gasteiger partial charge in [0.15, 0.2) is 0 Å². The number of carbonyl (C=O) groups excluding carboxylic acids is 1. The quantitative estimate of drug-likeness (QED) is 0.901. The number of hydrogen-bond acceptors (Lipinski definition) is 3. The lowest BCUT2D eigenvalue weighted by Crippen LogP contribution is -2.30. The Hall–Kier alpha value is -2.36. The van der Waals surface area contributed by atoms with E-state index in [1.807, 2.05) is 26.0 Å². The fourth-order valence-electron chi connectivity index (χ4n) is 2.12. The third-order valence-electron chi connectivity index (χ3n) is 3.16. The number of rotatable bonds is 4. The molecular formula is C17H21N3O. The van der Waals surface area contributed by atoms with Crippen molar-refractivity contribution in [2.75, 3.05) is 5.32 Å². The van der Waals surface area contributed by atoms with Gasteiger partial charge in [0.2, 0.25) is 0 Å². The Balaban J connectivity index is 2.24. The van der Waals surface area contributed by atoms with Crippen LogP contribution in [0, 0.1) is 13.8 Å². The summed E-state index contributed by atoms with van der Waals surface area (Å²) in [6, 6.07) is 9.87. The molecule has 21 heavy (non-hydrogen) atoms. The molecule has 2 aromatic rings. The average Bonchev–Trinajstić information content (AvgIpc) is 2.43. The minimum Gasteiger partial charge on any atom is -0.355 e. The molecule has 2 rings (SSSR count). The molecule has 0 bridgehead atoms. The van der Waals surface area contributed by atoms with Crippen LogP contribution in [0.15, 0.2) is 36.5 Å². The Bertz CT molecular complexity index is 630. The Morgan fingerprint density at radius 2 is 1.81 bits per heavy atom. The van der Waals surface area contributed by atoms with Crippen molar-refractivity contribution < 1.29 is 4.79 Å². The molecular weight excluding hydrogens is 262 g/mol. The number of carbonyl (C=O) groups is 1. The Labute approximate surface area is 125 Å². The normalized spacial score (nSPS) is 10.5. The number of aryl methyl sites for hydroxylation is 2. The first-order chi connectivity index (χ1) is 9.97. The van der Waals surface area contributed by atoms with E-state index in [1.165, 1.54) is 11.1 Å². The molecule has 1 aromatic carbocycles. The van der Waals surface area contributed by atoms with Crippen LogP contribution in [0.1, 0.15) is 35.5 Å². The maximum atomic E-state index is 12.0. The highest BCUT2D eigenvalue weighted by molar-refractivity contribution is 5.93. The topological polar surface area (TPSA) is 54.0 Å². The van der Waals surface area contributed by atoms with Crippen molar-refractivity contribution in [3.05, 3.63) is 53.3 Å². The van der Waals surface area contributed by atoms with Crippen molar-refractivity contribution in [3.63, 3.8) is 0 Å². The highest BCUT2D eigenvalue weighted by atomic mass is 16.1. The zero-order valence-electron chi connectivity index (χ0n) is 12.9. The van der Waals surface area contributed by atoms with Gasteiger partial charge in [0, 0.05) is 23.6 Å². The molecule has 0 unspecified atom stereocenters. The molecule has 110 valence electrons. The molecule has 1 amide bonds. The molecule has 1 heterocycles. The molecule has 4 nitrogen and oxygen atoms in total. The minimum atomic E-state index is -0.157. The van der Waals surface area contributed by atoms with Crippen LogP contribution in [0.4, 0.5) is 11.4 Å². The summed E-state index contributed by atoms with van der Waals surface area (Å²) in [6.07, 6.45) is 1.64. The molecule has 4 heteroatoms. The lowest BCUT2D eigenvalue weighted by atomic mass is 10.1. The number of hydrogen-bond donors (Lipinski definition) is 2. The monoisotopic (exact) mass is 283 g/mol. The van der Waals surface area contributed by atoms with Gasteiger partial charge in [-0.05, 0) is 51.0 Å². The van der Waals surface area contributed by atoms with Crippen molar-refractivity contribution in [2.45, 2.75) is 33.7 Å². The Morgan fingerprint density at radius 3 is 2.43 bits per heavy atom. The molecule has 1 aromatic heterocycles. The second-order valence-electron chi connectivity index (χ2n) is 5.45. The van der Waals surface area contributed by atoms with Crippen LogP contribution >= 0.6 is 0 Å². The molecule has 0 aliphatic rings. The van der Waals surface area contributed by atoms with E-state index in [0.29, 0.717) is 5.69 Å². The first-order valence-electron chi connectivity index (χ1n) is 7.07. The van der Waals surface area contributed by atoms with Crippen molar-refractivity contribution in [3.8, 4) is 0 Å². The standard InChI is InChI=1S/C17H21N3O/c1-11(2)19-17(21)15-10-14(8-9-18-15)20-16-12(3)6-5-7-13(16)4/h5-11H,1-4H3,(H,18,20)(H,19,21). The lowest BCUT2D eigenvalue weighted by molar-refractivity contribution is 0.0938. The molecule has 0 aliphatic carbocycles. The van der Waals surface area contributed by atoms with Crippen LogP contribution in [0.25, 0.3) is 0 Å². The van der Waals surface area contributed by atoms with E-state index in [4.69, 9.17) is 0 Å². The van der Waals surface area contributed by atoms with Crippen molar-refractivity contribution in [1.82, 2.24) is 10.3 Å². The number of anilines is 2. The number of benzene rings is 1. The van der Waals surface area contributed by atoms with E-state index in [0.717, 1.165) is 11.4 Å². The smallest absolute Gasteiger partial charge is 0.270 e. The summed E-state index contributed by atoms with van der Waals surface area (Å²) in [5.41, 5.74) is 4.68. The number of pyridine rings is 1. The number of amides is 1. The molecule has 0 radical (unpaired) electrons. The van der Waals surface area contributed by atoms with E-state index in [2.05, 4.69) is 41.6 Å². The number of nitrogens with zero attached hydrogens (tertiary/aromatic N) is 1. The maximum absolute atomic E-state index is 12.0. The van der Waals surface area contributed by atoms with Gasteiger partial charge in [0.25, 0.3) is 5.91 Å². The molecule has 0 spiro atoms. The van der Waals surface area contributed by atoms with Gasteiger partial charge >= 0.3 is 0 Å². The minimum absolute atomic E-state index is 0.0922. The zero-order chi connectivity index (χ0) is 15.4. The molecule has 0 saturated heterocycles. The maximum Gasteiger partial charge on any atom is 0.270 e. The van der Waals surface area contributed by atoms with Gasteiger partial charge in [-0.1, -0.05) is 18.2 Å². The first kappa shape index (κ1) is 15.0. The van der Waals surface area contributed by atoms with Crippen LogP contribution in [-0.2, 0) is 0 Å². The van der Waals surface area contributed by atoms with Crippen LogP contribution in [0.3, 0.4) is 0 Å². The van der Waals surface area contributed by atoms with Crippen LogP contribution in [0.2, 0.25) is 0 Å². The highest BCUT2D eigenvalue weighted by Crippen LogP contribution is 2.24. The second kappa shape index (κ2) is 6.39. The second-order valence-corrected chi connectivity index (χ2v) is 5.45. The van der Waals surface area contributed by atoms with Gasteiger partial charge in [-0.25, -0.2) is 0 Å². The molecule has 2 N–H and O–H groups in total. The van der Waals surface area contributed by atoms with Gasteiger partial charge in [-0.15, -0.1) is 0 Å². The van der Waals surface area contributed by atoms with Gasteiger partial charge in [-0.2, -0.15) is 0 Å². The fraction of sp³-hybridized carbons (Fsp3) is 0.294. The predicted octanol–water partition coefficient (Wildman–Crippen LogP) is 3.58. The van der Waals surface area contributed by atoms with E-state index >= 15 is 0 Å². The average molecular weight is 283 g/mol. The summed E-state index contributed by atoms with van der Waals surface area (Å²) in [4.78, 5) is 16.1. The Morgan fingerprint density at radius 1 is 1.14 bits per heavy atom. The number of aromatic nitrogens is 1. The largest absolute Gasteiger partial charge is 0.355 e. The molecule has 0 saturated carbocycles. The summed E-state index contributed by atoms with van der Waals surface area (Å²) in [7, 11) is 0. The van der Waals surface area contributed by atoms with Gasteiger partial charge in [0.05, 0.1) is 0 Å². The zero-order valence-corrected chi connectivity index (χ0v) is 12.9. The van der Waals surface area contributed by atoms with Crippen molar-refractivity contribution in [1.29, 1.82) is 0 Å². The van der Waals surface area contributed by atoms with Gasteiger partial charge in [0.1, 0.15) is 5.69 Å². The summed E-state index contributed by atoms with van der Waals surface area (Å²) in [5, 5.41) is 6.21. The number of para-hydroxylation sites is 1. The van der Waals surface area contributed by atoms with Gasteiger partial charge in [-0.3, -0.25) is 9.78 Å². The molecule has 0 atom stereocenters. The predicted molar refractivity (Wildman–Crippen MR) is 86.0 cm³/mol. The van der Waals surface area contributed by atoms with Crippen molar-refractivity contribution in [2.24, 2.45) is 0 Å². The van der Waals surface area contributed by atoms with Gasteiger partial charge < -0.3 is 10.6 Å². The van der Waals surface area contributed by atoms with E-state index in [-0.39, 0.29) is 11.9 Å². The summed E-state index contributed by atoms with van der Waals surface area (Å²) < 4.78 is 0. The summed E-state index contributed by atoms with van der Waals surface area (Å²) >= 11 is 0. The van der Waals surface area contributed by atoms with E-state index in [9.17, 15) is 4.79 Å². The third kappa shape index (κ3) is 3.81. The van der Waals surface area contributed by atoms with Crippen LogP contribution in [-0.4, -0.2) is 16.9 Å². The van der Waals surface area contributed by atoms with E-state index < -0.39 is 0 Å². The van der Waals surface area contributed by atoms with Crippen LogP contribution in [0.5, 0.6) is 0 Å². The number of nitrogens with one attached hydrogen (secondary N) is 2. The molecule has 0 fully saturated rings. The fourth-order valence-corrected chi connectivity index (χ4v) is 2.12. The van der Waals surface area contributed by atoms with Crippen molar-refractivity contribution >= 4 is 17.3 Å². The summed E-state index contributed by atoms with van der Waals surface area (Å²) in [5.74, 6) is -0.157.